The third kappa shape index (κ3) is 4.49. The number of benzene rings is 2. The predicted octanol–water partition coefficient (Wildman–Crippen LogP) is 3.66. The molecule has 1 heterocycles. The summed E-state index contributed by atoms with van der Waals surface area (Å²) in [5, 5.41) is 6.99. The SMILES string of the molecule is Cc1c(C(=O)NCCCOc2ccccc2F)cnn1-c1ccc(F)cc1. The zero-order chi connectivity index (χ0) is 19.2. The largest absolute Gasteiger partial charge is 0.490 e. The standard InChI is InChI=1S/C20H19F2N3O2/c1-14-17(13-24-25(14)16-9-7-15(21)8-10-16)20(26)23-11-4-12-27-19-6-3-2-5-18(19)22/h2-3,5-10,13H,4,11-12H2,1H3,(H,23,26). The average Bonchev–Trinajstić information content (AvgIpc) is 3.05. The number of amides is 1. The topological polar surface area (TPSA) is 56.1 Å². The maximum atomic E-state index is 13.4. The van der Waals surface area contributed by atoms with Crippen LogP contribution < -0.4 is 10.1 Å². The minimum absolute atomic E-state index is 0.195. The lowest BCUT2D eigenvalue weighted by atomic mass is 10.2. The van der Waals surface area contributed by atoms with E-state index in [-0.39, 0.29) is 24.1 Å². The number of halogens is 2. The van der Waals surface area contributed by atoms with Crippen LogP contribution in [0.15, 0.2) is 54.7 Å². The highest BCUT2D eigenvalue weighted by atomic mass is 19.1. The summed E-state index contributed by atoms with van der Waals surface area (Å²) in [5.41, 5.74) is 1.77. The number of ether oxygens (including phenoxy) is 1. The molecule has 0 radical (unpaired) electrons. The van der Waals surface area contributed by atoms with Crippen molar-refractivity contribution in [2.24, 2.45) is 0 Å². The lowest BCUT2D eigenvalue weighted by Crippen LogP contribution is -2.26. The van der Waals surface area contributed by atoms with Crippen molar-refractivity contribution in [1.82, 2.24) is 15.1 Å². The molecule has 1 aromatic heterocycles. The number of carbonyl (C=O) groups is 1. The molecule has 0 spiro atoms. The summed E-state index contributed by atoms with van der Waals surface area (Å²) < 4.78 is 33.4. The van der Waals surface area contributed by atoms with E-state index in [9.17, 15) is 13.6 Å². The molecule has 0 atom stereocenters. The van der Waals surface area contributed by atoms with E-state index in [1.165, 1.54) is 24.4 Å². The summed E-state index contributed by atoms with van der Waals surface area (Å²) in [6.45, 7) is 2.44. The molecule has 0 fully saturated rings. The first-order chi connectivity index (χ1) is 13.1. The van der Waals surface area contributed by atoms with Gasteiger partial charge in [-0.15, -0.1) is 0 Å². The molecule has 27 heavy (non-hydrogen) atoms. The molecule has 3 rings (SSSR count). The molecule has 0 unspecified atom stereocenters. The fourth-order valence-corrected chi connectivity index (χ4v) is 2.59. The molecule has 0 saturated carbocycles. The number of nitrogens with zero attached hydrogens (tertiary/aromatic N) is 2. The zero-order valence-electron chi connectivity index (χ0n) is 14.8. The van der Waals surface area contributed by atoms with Gasteiger partial charge in [0.1, 0.15) is 5.82 Å². The normalized spacial score (nSPS) is 10.6. The van der Waals surface area contributed by atoms with Crippen molar-refractivity contribution >= 4 is 5.91 Å². The Morgan fingerprint density at radius 3 is 2.63 bits per heavy atom. The van der Waals surface area contributed by atoms with E-state index < -0.39 is 5.82 Å². The number of para-hydroxylation sites is 1. The third-order valence-electron chi connectivity index (χ3n) is 4.03. The van der Waals surface area contributed by atoms with Gasteiger partial charge >= 0.3 is 0 Å². The van der Waals surface area contributed by atoms with Crippen LogP contribution in [0, 0.1) is 18.6 Å². The van der Waals surface area contributed by atoms with Crippen molar-refractivity contribution in [3.63, 3.8) is 0 Å². The van der Waals surface area contributed by atoms with E-state index >= 15 is 0 Å². The second-order valence-corrected chi connectivity index (χ2v) is 5.92. The van der Waals surface area contributed by atoms with E-state index in [0.29, 0.717) is 29.9 Å². The zero-order valence-corrected chi connectivity index (χ0v) is 14.8. The highest BCUT2D eigenvalue weighted by Gasteiger charge is 2.14. The van der Waals surface area contributed by atoms with Crippen molar-refractivity contribution in [3.05, 3.63) is 77.6 Å². The molecule has 1 N–H and O–H groups in total. The molecule has 0 bridgehead atoms. The summed E-state index contributed by atoms with van der Waals surface area (Å²) >= 11 is 0. The van der Waals surface area contributed by atoms with Crippen molar-refractivity contribution in [2.75, 3.05) is 13.2 Å². The Bertz CT molecular complexity index is 923. The molecule has 1 amide bonds. The molecule has 0 aliphatic carbocycles. The summed E-state index contributed by atoms with van der Waals surface area (Å²) in [7, 11) is 0. The molecular formula is C20H19F2N3O2. The van der Waals surface area contributed by atoms with Gasteiger partial charge in [0, 0.05) is 6.54 Å². The second kappa shape index (κ2) is 8.44. The van der Waals surface area contributed by atoms with E-state index in [4.69, 9.17) is 4.74 Å². The molecule has 0 aliphatic heterocycles. The van der Waals surface area contributed by atoms with Gasteiger partial charge in [0.25, 0.3) is 5.91 Å². The molecule has 140 valence electrons. The molecular weight excluding hydrogens is 352 g/mol. The molecule has 7 heteroatoms. The highest BCUT2D eigenvalue weighted by Crippen LogP contribution is 2.16. The Balaban J connectivity index is 1.51. The van der Waals surface area contributed by atoms with Crippen LogP contribution in [0.25, 0.3) is 5.69 Å². The van der Waals surface area contributed by atoms with E-state index in [1.807, 2.05) is 0 Å². The lowest BCUT2D eigenvalue weighted by Gasteiger charge is -2.08. The van der Waals surface area contributed by atoms with Crippen LogP contribution in [-0.2, 0) is 0 Å². The maximum Gasteiger partial charge on any atom is 0.254 e. The monoisotopic (exact) mass is 371 g/mol. The van der Waals surface area contributed by atoms with E-state index in [1.54, 1.807) is 41.9 Å². The van der Waals surface area contributed by atoms with Crippen molar-refractivity contribution in [2.45, 2.75) is 13.3 Å². The molecule has 0 saturated heterocycles. The lowest BCUT2D eigenvalue weighted by molar-refractivity contribution is 0.0951. The van der Waals surface area contributed by atoms with E-state index in [2.05, 4.69) is 10.4 Å². The summed E-state index contributed by atoms with van der Waals surface area (Å²) in [6.07, 6.45) is 2.01. The van der Waals surface area contributed by atoms with Gasteiger partial charge in [0.15, 0.2) is 11.6 Å². The van der Waals surface area contributed by atoms with Gasteiger partial charge in [-0.25, -0.2) is 13.5 Å². The van der Waals surface area contributed by atoms with Gasteiger partial charge < -0.3 is 10.1 Å². The number of carbonyl (C=O) groups excluding carboxylic acids is 1. The predicted molar refractivity (Wildman–Crippen MR) is 97.1 cm³/mol. The van der Waals surface area contributed by atoms with Crippen LogP contribution in [0.3, 0.4) is 0 Å². The first-order valence-corrected chi connectivity index (χ1v) is 8.52. The Morgan fingerprint density at radius 1 is 1.15 bits per heavy atom. The van der Waals surface area contributed by atoms with Crippen molar-refractivity contribution in [3.8, 4) is 11.4 Å². The minimum atomic E-state index is -0.412. The van der Waals surface area contributed by atoms with Gasteiger partial charge in [0.2, 0.25) is 0 Å². The first kappa shape index (κ1) is 18.6. The summed E-state index contributed by atoms with van der Waals surface area (Å²) in [5.74, 6) is -0.809. The first-order valence-electron chi connectivity index (χ1n) is 8.52. The van der Waals surface area contributed by atoms with Crippen LogP contribution in [0.2, 0.25) is 0 Å². The number of hydrogen-bond acceptors (Lipinski definition) is 3. The molecule has 3 aromatic rings. The van der Waals surface area contributed by atoms with Gasteiger partial charge in [-0.1, -0.05) is 12.1 Å². The number of rotatable bonds is 7. The smallest absolute Gasteiger partial charge is 0.254 e. The fraction of sp³-hybridized carbons (Fsp3) is 0.200. The Hall–Kier alpha value is -3.22. The van der Waals surface area contributed by atoms with Gasteiger partial charge in [-0.05, 0) is 49.7 Å². The Morgan fingerprint density at radius 2 is 1.89 bits per heavy atom. The summed E-state index contributed by atoms with van der Waals surface area (Å²) in [4.78, 5) is 12.3. The quantitative estimate of drug-likeness (QED) is 0.645. The third-order valence-corrected chi connectivity index (χ3v) is 4.03. The Kier molecular flexibility index (Phi) is 5.80. The average molecular weight is 371 g/mol. The number of aromatic nitrogens is 2. The van der Waals surface area contributed by atoms with Crippen molar-refractivity contribution in [1.29, 1.82) is 0 Å². The molecule has 5 nitrogen and oxygen atoms in total. The van der Waals surface area contributed by atoms with Crippen LogP contribution in [-0.4, -0.2) is 28.8 Å². The van der Waals surface area contributed by atoms with Crippen LogP contribution >= 0.6 is 0 Å². The van der Waals surface area contributed by atoms with Gasteiger partial charge in [-0.3, -0.25) is 4.79 Å². The number of hydrogen-bond donors (Lipinski definition) is 1. The molecule has 0 aliphatic rings. The van der Waals surface area contributed by atoms with Crippen molar-refractivity contribution < 1.29 is 18.3 Å². The second-order valence-electron chi connectivity index (χ2n) is 5.92. The fourth-order valence-electron chi connectivity index (χ4n) is 2.59. The van der Waals surface area contributed by atoms with Gasteiger partial charge in [0.05, 0.1) is 29.7 Å². The minimum Gasteiger partial charge on any atom is -0.490 e. The van der Waals surface area contributed by atoms with Crippen LogP contribution in [0.5, 0.6) is 5.75 Å². The van der Waals surface area contributed by atoms with Crippen LogP contribution in [0.4, 0.5) is 8.78 Å². The number of nitrogens with one attached hydrogen (secondary N) is 1. The van der Waals surface area contributed by atoms with E-state index in [0.717, 1.165) is 0 Å². The summed E-state index contributed by atoms with van der Waals surface area (Å²) in [6, 6.07) is 12.0. The van der Waals surface area contributed by atoms with Gasteiger partial charge in [-0.2, -0.15) is 5.10 Å². The molecule has 2 aromatic carbocycles. The highest BCUT2D eigenvalue weighted by molar-refractivity contribution is 5.95. The van der Waals surface area contributed by atoms with Crippen LogP contribution in [0.1, 0.15) is 22.5 Å². The Labute approximate surface area is 155 Å². The maximum absolute atomic E-state index is 13.4.